The molecular weight excluding hydrogens is 270 g/mol. The van der Waals surface area contributed by atoms with Crippen molar-refractivity contribution in [1.82, 2.24) is 0 Å². The average Bonchev–Trinajstić information content (AvgIpc) is 2.47. The van der Waals surface area contributed by atoms with Crippen molar-refractivity contribution < 1.29 is 4.74 Å². The van der Waals surface area contributed by atoms with Crippen molar-refractivity contribution in [3.05, 3.63) is 53.6 Å². The molecule has 0 bridgehead atoms. The minimum atomic E-state index is 0.719. The standard InChI is InChI=1S/C17H18ClNO/c1-5-12-8-11-15(19(2)3)16(17(12)18)13-6-9-14(20-4)10-7-13/h5-11H,1H2,2-4H3. The van der Waals surface area contributed by atoms with Crippen LogP contribution >= 0.6 is 11.6 Å². The Hall–Kier alpha value is -1.93. The molecule has 104 valence electrons. The second-order valence-corrected chi connectivity index (χ2v) is 5.07. The van der Waals surface area contributed by atoms with Gasteiger partial charge >= 0.3 is 0 Å². The quantitative estimate of drug-likeness (QED) is 0.806. The van der Waals surface area contributed by atoms with Crippen LogP contribution in [0.3, 0.4) is 0 Å². The molecule has 0 N–H and O–H groups in total. The molecule has 0 radical (unpaired) electrons. The summed E-state index contributed by atoms with van der Waals surface area (Å²) in [4.78, 5) is 2.05. The Morgan fingerprint density at radius 3 is 2.25 bits per heavy atom. The van der Waals surface area contributed by atoms with Crippen molar-refractivity contribution in [2.24, 2.45) is 0 Å². The Labute approximate surface area is 125 Å². The van der Waals surface area contributed by atoms with Gasteiger partial charge in [0.25, 0.3) is 0 Å². The monoisotopic (exact) mass is 287 g/mol. The third-order valence-corrected chi connectivity index (χ3v) is 3.64. The number of hydrogen-bond acceptors (Lipinski definition) is 2. The van der Waals surface area contributed by atoms with Crippen molar-refractivity contribution in [2.45, 2.75) is 0 Å². The number of nitrogens with zero attached hydrogens (tertiary/aromatic N) is 1. The summed E-state index contributed by atoms with van der Waals surface area (Å²) in [6.45, 7) is 3.81. The van der Waals surface area contributed by atoms with E-state index in [0.29, 0.717) is 0 Å². The molecule has 0 saturated carbocycles. The van der Waals surface area contributed by atoms with Gasteiger partial charge in [0.05, 0.1) is 12.1 Å². The van der Waals surface area contributed by atoms with Crippen LogP contribution in [-0.2, 0) is 0 Å². The summed E-state index contributed by atoms with van der Waals surface area (Å²) < 4.78 is 5.20. The molecule has 3 heteroatoms. The van der Waals surface area contributed by atoms with E-state index in [0.717, 1.165) is 33.1 Å². The van der Waals surface area contributed by atoms with Crippen LogP contribution in [0, 0.1) is 0 Å². The summed E-state index contributed by atoms with van der Waals surface area (Å²) in [5.41, 5.74) is 4.08. The molecule has 0 fully saturated rings. The number of anilines is 1. The first kappa shape index (κ1) is 14.5. The fourth-order valence-corrected chi connectivity index (χ4v) is 2.49. The summed E-state index contributed by atoms with van der Waals surface area (Å²) >= 11 is 6.54. The largest absolute Gasteiger partial charge is 0.497 e. The lowest BCUT2D eigenvalue weighted by atomic mass is 10.00. The molecule has 0 unspecified atom stereocenters. The molecular formula is C17H18ClNO. The number of hydrogen-bond donors (Lipinski definition) is 0. The zero-order valence-corrected chi connectivity index (χ0v) is 12.7. The van der Waals surface area contributed by atoms with Crippen molar-refractivity contribution >= 4 is 23.4 Å². The van der Waals surface area contributed by atoms with E-state index in [-0.39, 0.29) is 0 Å². The van der Waals surface area contributed by atoms with E-state index in [1.165, 1.54) is 0 Å². The van der Waals surface area contributed by atoms with Crippen LogP contribution in [0.15, 0.2) is 43.0 Å². The minimum absolute atomic E-state index is 0.719. The Balaban J connectivity index is 2.65. The molecule has 0 amide bonds. The van der Waals surface area contributed by atoms with Gasteiger partial charge in [0.2, 0.25) is 0 Å². The lowest BCUT2D eigenvalue weighted by molar-refractivity contribution is 0.415. The second-order valence-electron chi connectivity index (χ2n) is 4.69. The Morgan fingerprint density at radius 2 is 1.75 bits per heavy atom. The maximum atomic E-state index is 6.54. The van der Waals surface area contributed by atoms with E-state index in [1.54, 1.807) is 13.2 Å². The van der Waals surface area contributed by atoms with Crippen LogP contribution in [0.4, 0.5) is 5.69 Å². The number of halogens is 1. The molecule has 2 aromatic rings. The smallest absolute Gasteiger partial charge is 0.118 e. The summed E-state index contributed by atoms with van der Waals surface area (Å²) in [7, 11) is 5.67. The number of methoxy groups -OCH3 is 1. The van der Waals surface area contributed by atoms with Gasteiger partial charge in [-0.1, -0.05) is 42.5 Å². The summed E-state index contributed by atoms with van der Waals surface area (Å²) in [5, 5.41) is 0.719. The van der Waals surface area contributed by atoms with Crippen molar-refractivity contribution in [1.29, 1.82) is 0 Å². The van der Waals surface area contributed by atoms with Gasteiger partial charge in [-0.15, -0.1) is 0 Å². The first-order valence-electron chi connectivity index (χ1n) is 6.35. The highest BCUT2D eigenvalue weighted by Crippen LogP contribution is 2.39. The van der Waals surface area contributed by atoms with Gasteiger partial charge in [-0.2, -0.15) is 0 Å². The highest BCUT2D eigenvalue weighted by molar-refractivity contribution is 6.35. The third-order valence-electron chi connectivity index (χ3n) is 3.23. The van der Waals surface area contributed by atoms with Gasteiger partial charge in [0, 0.05) is 25.3 Å². The molecule has 2 rings (SSSR count). The van der Waals surface area contributed by atoms with E-state index >= 15 is 0 Å². The molecule has 2 nitrogen and oxygen atoms in total. The lowest BCUT2D eigenvalue weighted by Crippen LogP contribution is -2.10. The van der Waals surface area contributed by atoms with Crippen molar-refractivity contribution in [2.75, 3.05) is 26.1 Å². The van der Waals surface area contributed by atoms with E-state index in [9.17, 15) is 0 Å². The molecule has 0 spiro atoms. The Bertz CT molecular complexity index is 618. The van der Waals surface area contributed by atoms with Gasteiger partial charge in [0.1, 0.15) is 5.75 Å². The summed E-state index contributed by atoms with van der Waals surface area (Å²) in [5.74, 6) is 0.830. The van der Waals surface area contributed by atoms with Gasteiger partial charge < -0.3 is 9.64 Å². The van der Waals surface area contributed by atoms with Crippen molar-refractivity contribution in [3.8, 4) is 16.9 Å². The van der Waals surface area contributed by atoms with Crippen molar-refractivity contribution in [3.63, 3.8) is 0 Å². The van der Waals surface area contributed by atoms with Crippen LogP contribution in [0.2, 0.25) is 5.02 Å². The number of rotatable bonds is 4. The fraction of sp³-hybridized carbons (Fsp3) is 0.176. The van der Waals surface area contributed by atoms with E-state index in [4.69, 9.17) is 16.3 Å². The molecule has 2 aromatic carbocycles. The molecule has 20 heavy (non-hydrogen) atoms. The Kier molecular flexibility index (Phi) is 4.35. The van der Waals surface area contributed by atoms with E-state index < -0.39 is 0 Å². The van der Waals surface area contributed by atoms with Gasteiger partial charge in [0.15, 0.2) is 0 Å². The van der Waals surface area contributed by atoms with Crippen LogP contribution in [0.1, 0.15) is 5.56 Å². The fourth-order valence-electron chi connectivity index (χ4n) is 2.14. The maximum absolute atomic E-state index is 6.54. The second kappa shape index (κ2) is 6.02. The van der Waals surface area contributed by atoms with E-state index in [2.05, 4.69) is 17.5 Å². The SMILES string of the molecule is C=Cc1ccc(N(C)C)c(-c2ccc(OC)cc2)c1Cl. The van der Waals surface area contributed by atoms with Crippen LogP contribution in [0.25, 0.3) is 17.2 Å². The lowest BCUT2D eigenvalue weighted by Gasteiger charge is -2.20. The Morgan fingerprint density at radius 1 is 1.10 bits per heavy atom. The number of benzene rings is 2. The summed E-state index contributed by atoms with van der Waals surface area (Å²) in [6, 6.07) is 11.9. The van der Waals surface area contributed by atoms with Gasteiger partial charge in [-0.25, -0.2) is 0 Å². The molecule has 0 atom stereocenters. The zero-order chi connectivity index (χ0) is 14.7. The average molecular weight is 288 g/mol. The number of ether oxygens (including phenoxy) is 1. The summed E-state index contributed by atoms with van der Waals surface area (Å²) in [6.07, 6.45) is 1.77. The van der Waals surface area contributed by atoms with Crippen LogP contribution < -0.4 is 9.64 Å². The maximum Gasteiger partial charge on any atom is 0.118 e. The molecule has 0 heterocycles. The highest BCUT2D eigenvalue weighted by Gasteiger charge is 2.14. The minimum Gasteiger partial charge on any atom is -0.497 e. The molecule has 0 aromatic heterocycles. The van der Waals surface area contributed by atoms with Crippen LogP contribution in [0.5, 0.6) is 5.75 Å². The van der Waals surface area contributed by atoms with Gasteiger partial charge in [-0.05, 0) is 29.3 Å². The van der Waals surface area contributed by atoms with E-state index in [1.807, 2.05) is 44.4 Å². The molecule has 0 saturated heterocycles. The molecule has 0 aliphatic rings. The zero-order valence-electron chi connectivity index (χ0n) is 12.0. The highest BCUT2D eigenvalue weighted by atomic mass is 35.5. The van der Waals surface area contributed by atoms with Gasteiger partial charge in [-0.3, -0.25) is 0 Å². The predicted molar refractivity (Wildman–Crippen MR) is 87.9 cm³/mol. The van der Waals surface area contributed by atoms with Crippen LogP contribution in [-0.4, -0.2) is 21.2 Å². The molecule has 0 aliphatic heterocycles. The first-order valence-corrected chi connectivity index (χ1v) is 6.73. The first-order chi connectivity index (χ1) is 9.58. The topological polar surface area (TPSA) is 12.5 Å². The third kappa shape index (κ3) is 2.66. The normalized spacial score (nSPS) is 10.2. The molecule has 0 aliphatic carbocycles. The predicted octanol–water partition coefficient (Wildman–Crippen LogP) is 4.72.